The van der Waals surface area contributed by atoms with Crippen molar-refractivity contribution in [2.45, 2.75) is 52.6 Å². The zero-order chi connectivity index (χ0) is 13.7. The first-order chi connectivity index (χ1) is 9.19. The molecule has 0 saturated heterocycles. The summed E-state index contributed by atoms with van der Waals surface area (Å²) < 4.78 is 5.95. The Morgan fingerprint density at radius 3 is 2.79 bits per heavy atom. The predicted molar refractivity (Wildman–Crippen MR) is 79.1 cm³/mol. The van der Waals surface area contributed by atoms with Gasteiger partial charge in [0.2, 0.25) is 0 Å². The third-order valence-corrected chi connectivity index (χ3v) is 4.08. The van der Waals surface area contributed by atoms with Crippen LogP contribution >= 0.6 is 0 Å². The largest absolute Gasteiger partial charge is 0.463 e. The quantitative estimate of drug-likeness (QED) is 0.819. The van der Waals surface area contributed by atoms with Crippen LogP contribution in [0.3, 0.4) is 0 Å². The van der Waals surface area contributed by atoms with E-state index < -0.39 is 0 Å². The molecule has 0 bridgehead atoms. The highest BCUT2D eigenvalue weighted by Crippen LogP contribution is 2.25. The lowest BCUT2D eigenvalue weighted by molar-refractivity contribution is 0.248. The molecule has 0 atom stereocenters. The summed E-state index contributed by atoms with van der Waals surface area (Å²) in [6.45, 7) is 8.22. The average molecular weight is 264 g/mol. The van der Waals surface area contributed by atoms with Gasteiger partial charge in [-0.15, -0.1) is 0 Å². The monoisotopic (exact) mass is 264 g/mol. The second-order valence-corrected chi connectivity index (χ2v) is 5.95. The maximum Gasteiger partial charge on any atom is 0.120 e. The van der Waals surface area contributed by atoms with Crippen LogP contribution < -0.4 is 5.32 Å². The van der Waals surface area contributed by atoms with Gasteiger partial charge in [-0.2, -0.15) is 0 Å². The maximum atomic E-state index is 5.95. The van der Waals surface area contributed by atoms with Gasteiger partial charge in [-0.1, -0.05) is 19.8 Å². The zero-order valence-electron chi connectivity index (χ0n) is 12.7. The van der Waals surface area contributed by atoms with Crippen LogP contribution in [0.25, 0.3) is 0 Å². The Morgan fingerprint density at radius 1 is 1.37 bits per heavy atom. The number of nitrogens with one attached hydrogen (secondary N) is 1. The van der Waals surface area contributed by atoms with Crippen LogP contribution in [0.1, 0.15) is 49.7 Å². The maximum absolute atomic E-state index is 5.95. The number of rotatable bonds is 7. The molecular formula is C16H28N2O. The molecule has 0 amide bonds. The number of nitrogens with zero attached hydrogens (tertiary/aromatic N) is 1. The molecule has 1 N–H and O–H groups in total. The molecule has 0 aliphatic heterocycles. The molecule has 108 valence electrons. The van der Waals surface area contributed by atoms with Crippen molar-refractivity contribution in [1.82, 2.24) is 10.2 Å². The highest BCUT2D eigenvalue weighted by molar-refractivity contribution is 5.20. The van der Waals surface area contributed by atoms with Crippen molar-refractivity contribution in [3.05, 3.63) is 23.2 Å². The van der Waals surface area contributed by atoms with Gasteiger partial charge in [-0.05, 0) is 50.9 Å². The summed E-state index contributed by atoms with van der Waals surface area (Å²) in [5, 5.41) is 3.32. The minimum Gasteiger partial charge on any atom is -0.463 e. The van der Waals surface area contributed by atoms with Crippen molar-refractivity contribution < 1.29 is 4.42 Å². The molecule has 0 radical (unpaired) electrons. The van der Waals surface area contributed by atoms with Gasteiger partial charge < -0.3 is 9.73 Å². The fourth-order valence-electron chi connectivity index (χ4n) is 3.05. The Kier molecular flexibility index (Phi) is 5.46. The minimum atomic E-state index is 0.842. The molecule has 0 unspecified atom stereocenters. The number of furan rings is 1. The molecule has 3 nitrogen and oxygen atoms in total. The van der Waals surface area contributed by atoms with Gasteiger partial charge in [0.15, 0.2) is 0 Å². The first-order valence-electron chi connectivity index (χ1n) is 7.66. The van der Waals surface area contributed by atoms with Gasteiger partial charge in [0.1, 0.15) is 11.5 Å². The lowest BCUT2D eigenvalue weighted by atomic mass is 10.1. The summed E-state index contributed by atoms with van der Waals surface area (Å²) in [4.78, 5) is 2.41. The first kappa shape index (κ1) is 14.6. The second kappa shape index (κ2) is 7.11. The normalized spacial score (nSPS) is 16.6. The van der Waals surface area contributed by atoms with E-state index in [9.17, 15) is 0 Å². The number of hydrogen-bond acceptors (Lipinski definition) is 3. The van der Waals surface area contributed by atoms with Crippen molar-refractivity contribution in [1.29, 1.82) is 0 Å². The summed E-state index contributed by atoms with van der Waals surface area (Å²) in [6, 6.07) is 2.19. The van der Waals surface area contributed by atoms with Gasteiger partial charge in [0.05, 0.1) is 13.1 Å². The van der Waals surface area contributed by atoms with Crippen molar-refractivity contribution in [3.8, 4) is 0 Å². The lowest BCUT2D eigenvalue weighted by Crippen LogP contribution is -2.23. The Balaban J connectivity index is 1.83. The van der Waals surface area contributed by atoms with Gasteiger partial charge >= 0.3 is 0 Å². The van der Waals surface area contributed by atoms with E-state index in [1.54, 1.807) is 0 Å². The number of aryl methyl sites for hydroxylation is 1. The fourth-order valence-corrected chi connectivity index (χ4v) is 3.05. The van der Waals surface area contributed by atoms with Crippen LogP contribution in [-0.4, -0.2) is 25.0 Å². The standard InChI is InChI=1S/C16H28N2O/c1-4-17-10-16-13(2)9-15(19-16)12-18(3)11-14-7-5-6-8-14/h9,14,17H,4-8,10-12H2,1-3H3. The van der Waals surface area contributed by atoms with Crippen LogP contribution in [0.15, 0.2) is 10.5 Å². The van der Waals surface area contributed by atoms with Crippen molar-refractivity contribution >= 4 is 0 Å². The summed E-state index contributed by atoms with van der Waals surface area (Å²) in [6.07, 6.45) is 5.66. The minimum absolute atomic E-state index is 0.842. The summed E-state index contributed by atoms with van der Waals surface area (Å²) in [7, 11) is 2.21. The van der Waals surface area contributed by atoms with Crippen LogP contribution in [0.2, 0.25) is 0 Å². The molecule has 1 aromatic heterocycles. The van der Waals surface area contributed by atoms with Gasteiger partial charge in [0, 0.05) is 6.54 Å². The first-order valence-corrected chi connectivity index (χ1v) is 7.66. The van der Waals surface area contributed by atoms with Gasteiger partial charge in [0.25, 0.3) is 0 Å². The van der Waals surface area contributed by atoms with E-state index >= 15 is 0 Å². The molecule has 0 aromatic carbocycles. The van der Waals surface area contributed by atoms with E-state index in [-0.39, 0.29) is 0 Å². The summed E-state index contributed by atoms with van der Waals surface area (Å²) in [5.74, 6) is 3.10. The highest BCUT2D eigenvalue weighted by atomic mass is 16.3. The molecule has 1 saturated carbocycles. The molecule has 1 fully saturated rings. The molecule has 1 heterocycles. The average Bonchev–Trinajstić information content (AvgIpc) is 2.97. The lowest BCUT2D eigenvalue weighted by Gasteiger charge is -2.19. The molecule has 1 aliphatic rings. The fraction of sp³-hybridized carbons (Fsp3) is 0.750. The molecule has 1 aromatic rings. The van der Waals surface area contributed by atoms with E-state index in [1.807, 2.05) is 0 Å². The third kappa shape index (κ3) is 4.36. The third-order valence-electron chi connectivity index (χ3n) is 4.08. The Hall–Kier alpha value is -0.800. The van der Waals surface area contributed by atoms with Crippen molar-refractivity contribution in [2.75, 3.05) is 20.1 Å². The smallest absolute Gasteiger partial charge is 0.120 e. The van der Waals surface area contributed by atoms with E-state index in [0.717, 1.165) is 37.1 Å². The summed E-state index contributed by atoms with van der Waals surface area (Å²) in [5.41, 5.74) is 1.27. The number of hydrogen-bond donors (Lipinski definition) is 1. The van der Waals surface area contributed by atoms with E-state index in [4.69, 9.17) is 4.42 Å². The molecule has 2 rings (SSSR count). The molecule has 3 heteroatoms. The van der Waals surface area contributed by atoms with E-state index in [2.05, 4.69) is 37.2 Å². The topological polar surface area (TPSA) is 28.4 Å². The molecule has 1 aliphatic carbocycles. The van der Waals surface area contributed by atoms with Crippen LogP contribution in [0.4, 0.5) is 0 Å². The zero-order valence-corrected chi connectivity index (χ0v) is 12.7. The summed E-state index contributed by atoms with van der Waals surface area (Å²) >= 11 is 0. The molecule has 0 spiro atoms. The van der Waals surface area contributed by atoms with Crippen molar-refractivity contribution in [3.63, 3.8) is 0 Å². The van der Waals surface area contributed by atoms with Crippen molar-refractivity contribution in [2.24, 2.45) is 5.92 Å². The van der Waals surface area contributed by atoms with Crippen LogP contribution in [-0.2, 0) is 13.1 Å². The van der Waals surface area contributed by atoms with Gasteiger partial charge in [-0.25, -0.2) is 0 Å². The Morgan fingerprint density at radius 2 is 2.11 bits per heavy atom. The van der Waals surface area contributed by atoms with Gasteiger partial charge in [-0.3, -0.25) is 4.90 Å². The highest BCUT2D eigenvalue weighted by Gasteiger charge is 2.17. The Labute approximate surface area is 117 Å². The predicted octanol–water partition coefficient (Wildman–Crippen LogP) is 3.32. The van der Waals surface area contributed by atoms with E-state index in [0.29, 0.717) is 0 Å². The SMILES string of the molecule is CCNCc1oc(CN(C)CC2CCCC2)cc1C. The van der Waals surface area contributed by atoms with E-state index in [1.165, 1.54) is 37.8 Å². The second-order valence-electron chi connectivity index (χ2n) is 5.95. The molecular weight excluding hydrogens is 236 g/mol. The molecule has 19 heavy (non-hydrogen) atoms. The van der Waals surface area contributed by atoms with Crippen LogP contribution in [0, 0.1) is 12.8 Å². The Bertz CT molecular complexity index is 380. The van der Waals surface area contributed by atoms with Crippen LogP contribution in [0.5, 0.6) is 0 Å².